The van der Waals surface area contributed by atoms with Crippen LogP contribution < -0.4 is 10.6 Å². The molecule has 1 fully saturated rings. The van der Waals surface area contributed by atoms with Crippen molar-refractivity contribution in [2.45, 2.75) is 25.9 Å². The van der Waals surface area contributed by atoms with Crippen LogP contribution in [-0.2, 0) is 4.74 Å². The monoisotopic (exact) mass is 252 g/mol. The lowest BCUT2D eigenvalue weighted by Gasteiger charge is -2.22. The van der Waals surface area contributed by atoms with Crippen molar-refractivity contribution < 1.29 is 9.84 Å². The number of nitrogens with zero attached hydrogens (tertiary/aromatic N) is 2. The number of aromatic nitrogens is 2. The van der Waals surface area contributed by atoms with Gasteiger partial charge in [-0.15, -0.1) is 0 Å². The SMILES string of the molecule is CNc1nc(C)nc(NCC2(O)CCOC2)c1C. The minimum absolute atomic E-state index is 0.377. The quantitative estimate of drug-likeness (QED) is 0.732. The summed E-state index contributed by atoms with van der Waals surface area (Å²) in [6, 6.07) is 0. The molecule has 6 heteroatoms. The van der Waals surface area contributed by atoms with Gasteiger partial charge in [-0.05, 0) is 13.8 Å². The molecule has 6 nitrogen and oxygen atoms in total. The molecule has 0 saturated carbocycles. The third-order valence-electron chi connectivity index (χ3n) is 3.16. The number of hydrogen-bond acceptors (Lipinski definition) is 6. The first-order chi connectivity index (χ1) is 8.54. The molecule has 1 aromatic heterocycles. The molecule has 2 rings (SSSR count). The molecule has 0 aromatic carbocycles. The van der Waals surface area contributed by atoms with Gasteiger partial charge in [-0.25, -0.2) is 9.97 Å². The molecule has 3 N–H and O–H groups in total. The Morgan fingerprint density at radius 2 is 2.06 bits per heavy atom. The van der Waals surface area contributed by atoms with Crippen LogP contribution in [0.5, 0.6) is 0 Å². The lowest BCUT2D eigenvalue weighted by Crippen LogP contribution is -2.37. The van der Waals surface area contributed by atoms with Crippen LogP contribution in [0.4, 0.5) is 11.6 Å². The smallest absolute Gasteiger partial charge is 0.134 e. The molecular formula is C12H20N4O2. The summed E-state index contributed by atoms with van der Waals surface area (Å²) in [6.45, 7) is 5.22. The highest BCUT2D eigenvalue weighted by Crippen LogP contribution is 2.22. The van der Waals surface area contributed by atoms with E-state index in [0.29, 0.717) is 32.0 Å². The van der Waals surface area contributed by atoms with Crippen LogP contribution in [0.3, 0.4) is 0 Å². The maximum atomic E-state index is 10.2. The number of aryl methyl sites for hydroxylation is 1. The van der Waals surface area contributed by atoms with Crippen molar-refractivity contribution in [1.29, 1.82) is 0 Å². The topological polar surface area (TPSA) is 79.3 Å². The van der Waals surface area contributed by atoms with E-state index in [1.807, 2.05) is 20.9 Å². The minimum atomic E-state index is -0.787. The van der Waals surface area contributed by atoms with Crippen LogP contribution in [0.1, 0.15) is 17.8 Å². The van der Waals surface area contributed by atoms with Gasteiger partial charge in [0.15, 0.2) is 0 Å². The zero-order chi connectivity index (χ0) is 13.2. The summed E-state index contributed by atoms with van der Waals surface area (Å²) in [6.07, 6.45) is 0.655. The Morgan fingerprint density at radius 3 is 2.67 bits per heavy atom. The van der Waals surface area contributed by atoms with E-state index in [-0.39, 0.29) is 0 Å². The summed E-state index contributed by atoms with van der Waals surface area (Å²) < 4.78 is 5.21. The Labute approximate surface area is 107 Å². The predicted octanol–water partition coefficient (Wildman–Crippen LogP) is 0.698. The standard InChI is InChI=1S/C12H20N4O2/c1-8-10(13-3)15-9(2)16-11(8)14-6-12(17)4-5-18-7-12/h17H,4-7H2,1-3H3,(H2,13,14,15,16). The summed E-state index contributed by atoms with van der Waals surface area (Å²) in [7, 11) is 1.83. The molecule has 1 atom stereocenters. The van der Waals surface area contributed by atoms with Gasteiger partial charge in [-0.3, -0.25) is 0 Å². The number of rotatable bonds is 4. The van der Waals surface area contributed by atoms with E-state index in [9.17, 15) is 5.11 Å². The van der Waals surface area contributed by atoms with E-state index in [1.165, 1.54) is 0 Å². The molecule has 1 aromatic rings. The van der Waals surface area contributed by atoms with Crippen molar-refractivity contribution in [1.82, 2.24) is 9.97 Å². The van der Waals surface area contributed by atoms with Gasteiger partial charge in [-0.1, -0.05) is 0 Å². The highest BCUT2D eigenvalue weighted by molar-refractivity contribution is 5.57. The molecule has 100 valence electrons. The van der Waals surface area contributed by atoms with E-state index < -0.39 is 5.60 Å². The van der Waals surface area contributed by atoms with Gasteiger partial charge < -0.3 is 20.5 Å². The van der Waals surface area contributed by atoms with E-state index in [1.54, 1.807) is 0 Å². The summed E-state index contributed by atoms with van der Waals surface area (Å²) in [4.78, 5) is 8.66. The molecule has 1 saturated heterocycles. The van der Waals surface area contributed by atoms with E-state index in [4.69, 9.17) is 4.74 Å². The molecule has 0 amide bonds. The predicted molar refractivity (Wildman–Crippen MR) is 69.9 cm³/mol. The second-order valence-electron chi connectivity index (χ2n) is 4.72. The third-order valence-corrected chi connectivity index (χ3v) is 3.16. The molecule has 1 aliphatic heterocycles. The maximum absolute atomic E-state index is 10.2. The lowest BCUT2D eigenvalue weighted by molar-refractivity contribution is 0.0381. The first-order valence-corrected chi connectivity index (χ1v) is 6.11. The first kappa shape index (κ1) is 13.0. The zero-order valence-electron chi connectivity index (χ0n) is 11.1. The average molecular weight is 252 g/mol. The first-order valence-electron chi connectivity index (χ1n) is 6.11. The molecule has 2 heterocycles. The maximum Gasteiger partial charge on any atom is 0.134 e. The van der Waals surface area contributed by atoms with Gasteiger partial charge in [0, 0.05) is 32.2 Å². The number of aliphatic hydroxyl groups is 1. The second kappa shape index (κ2) is 5.07. The largest absolute Gasteiger partial charge is 0.386 e. The van der Waals surface area contributed by atoms with Gasteiger partial charge in [0.05, 0.1) is 6.61 Å². The van der Waals surface area contributed by atoms with Gasteiger partial charge in [-0.2, -0.15) is 0 Å². The van der Waals surface area contributed by atoms with E-state index in [0.717, 1.165) is 17.2 Å². The van der Waals surface area contributed by atoms with Crippen LogP contribution in [0.2, 0.25) is 0 Å². The summed E-state index contributed by atoms with van der Waals surface area (Å²) in [5, 5.41) is 16.4. The normalized spacial score (nSPS) is 23.1. The Bertz CT molecular complexity index is 430. The van der Waals surface area contributed by atoms with E-state index in [2.05, 4.69) is 20.6 Å². The molecule has 1 unspecified atom stereocenters. The van der Waals surface area contributed by atoms with E-state index >= 15 is 0 Å². The Balaban J connectivity index is 2.11. The third kappa shape index (κ3) is 2.70. The van der Waals surface area contributed by atoms with Crippen molar-refractivity contribution in [2.24, 2.45) is 0 Å². The van der Waals surface area contributed by atoms with Crippen molar-refractivity contribution in [3.8, 4) is 0 Å². The fraction of sp³-hybridized carbons (Fsp3) is 0.667. The summed E-state index contributed by atoms with van der Waals surface area (Å²) in [5.41, 5.74) is 0.163. The Kier molecular flexibility index (Phi) is 3.68. The molecule has 1 aliphatic rings. The van der Waals surface area contributed by atoms with Crippen LogP contribution in [0, 0.1) is 13.8 Å². The molecule has 0 radical (unpaired) electrons. The highest BCUT2D eigenvalue weighted by atomic mass is 16.5. The van der Waals surface area contributed by atoms with Crippen molar-refractivity contribution in [3.05, 3.63) is 11.4 Å². The van der Waals surface area contributed by atoms with Crippen LogP contribution in [-0.4, -0.2) is 47.5 Å². The van der Waals surface area contributed by atoms with Crippen LogP contribution >= 0.6 is 0 Å². The van der Waals surface area contributed by atoms with Gasteiger partial charge in [0.2, 0.25) is 0 Å². The highest BCUT2D eigenvalue weighted by Gasteiger charge is 2.32. The Morgan fingerprint density at radius 1 is 1.33 bits per heavy atom. The fourth-order valence-corrected chi connectivity index (χ4v) is 2.03. The summed E-state index contributed by atoms with van der Waals surface area (Å²) in [5.74, 6) is 2.26. The lowest BCUT2D eigenvalue weighted by atomic mass is 10.0. The molecule has 18 heavy (non-hydrogen) atoms. The van der Waals surface area contributed by atoms with Gasteiger partial charge >= 0.3 is 0 Å². The molecule has 0 bridgehead atoms. The molecule has 0 aliphatic carbocycles. The van der Waals surface area contributed by atoms with Crippen molar-refractivity contribution in [3.63, 3.8) is 0 Å². The number of nitrogens with one attached hydrogen (secondary N) is 2. The minimum Gasteiger partial charge on any atom is -0.386 e. The van der Waals surface area contributed by atoms with Crippen LogP contribution in [0.15, 0.2) is 0 Å². The zero-order valence-corrected chi connectivity index (χ0v) is 11.1. The summed E-state index contributed by atoms with van der Waals surface area (Å²) >= 11 is 0. The average Bonchev–Trinajstić information content (AvgIpc) is 2.77. The fourth-order valence-electron chi connectivity index (χ4n) is 2.03. The van der Waals surface area contributed by atoms with Gasteiger partial charge in [0.1, 0.15) is 23.1 Å². The molecular weight excluding hydrogens is 232 g/mol. The Hall–Kier alpha value is -1.40. The number of anilines is 2. The number of hydrogen-bond donors (Lipinski definition) is 3. The van der Waals surface area contributed by atoms with Crippen LogP contribution in [0.25, 0.3) is 0 Å². The second-order valence-corrected chi connectivity index (χ2v) is 4.72. The molecule has 0 spiro atoms. The number of ether oxygens (including phenoxy) is 1. The van der Waals surface area contributed by atoms with Crippen molar-refractivity contribution >= 4 is 11.6 Å². The van der Waals surface area contributed by atoms with Crippen molar-refractivity contribution in [2.75, 3.05) is 37.4 Å². The van der Waals surface area contributed by atoms with Gasteiger partial charge in [0.25, 0.3) is 0 Å².